The number of ether oxygens (including phenoxy) is 1. The van der Waals surface area contributed by atoms with E-state index in [1.165, 1.54) is 0 Å². The third-order valence-corrected chi connectivity index (χ3v) is 3.92. The van der Waals surface area contributed by atoms with Crippen molar-refractivity contribution in [2.75, 3.05) is 25.0 Å². The van der Waals surface area contributed by atoms with Crippen molar-refractivity contribution in [2.24, 2.45) is 5.92 Å². The summed E-state index contributed by atoms with van der Waals surface area (Å²) in [6, 6.07) is 9.70. The van der Waals surface area contributed by atoms with Gasteiger partial charge in [-0.3, -0.25) is 4.79 Å². The first-order valence-corrected chi connectivity index (χ1v) is 8.26. The lowest BCUT2D eigenvalue weighted by Gasteiger charge is -2.31. The van der Waals surface area contributed by atoms with Crippen molar-refractivity contribution in [3.63, 3.8) is 0 Å². The minimum Gasteiger partial charge on any atom is -0.489 e. The molecule has 0 spiro atoms. The van der Waals surface area contributed by atoms with Crippen LogP contribution in [0, 0.1) is 17.2 Å². The number of hydrogen-bond donors (Lipinski definition) is 1. The zero-order valence-corrected chi connectivity index (χ0v) is 13.9. The quantitative estimate of drug-likeness (QED) is 0.876. The number of para-hydroxylation sites is 2. The molecule has 1 aliphatic rings. The molecule has 1 aromatic carbocycles. The highest BCUT2D eigenvalue weighted by Gasteiger charge is 2.26. The van der Waals surface area contributed by atoms with E-state index >= 15 is 0 Å². The lowest BCUT2D eigenvalue weighted by atomic mass is 9.97. The molecule has 2 rings (SSSR count). The van der Waals surface area contributed by atoms with Gasteiger partial charge in [0.1, 0.15) is 5.75 Å². The Balaban J connectivity index is 1.97. The number of likely N-dealkylation sites (tertiary alicyclic amines) is 1. The molecular weight excluding hydrogens is 290 g/mol. The molecule has 1 amide bonds. The molecule has 1 atom stereocenters. The molecule has 0 radical (unpaired) electrons. The summed E-state index contributed by atoms with van der Waals surface area (Å²) in [5, 5.41) is 11.7. The summed E-state index contributed by atoms with van der Waals surface area (Å²) in [5.41, 5.74) is 0.723. The maximum absolute atomic E-state index is 12.6. The number of rotatable bonds is 6. The number of nitrogens with one attached hydrogen (secondary N) is 1. The van der Waals surface area contributed by atoms with Gasteiger partial charge in [-0.2, -0.15) is 5.26 Å². The smallest absolute Gasteiger partial charge is 0.228 e. The zero-order valence-electron chi connectivity index (χ0n) is 13.9. The zero-order chi connectivity index (χ0) is 16.7. The van der Waals surface area contributed by atoms with E-state index in [1.807, 2.05) is 38.1 Å². The molecule has 0 aromatic heterocycles. The van der Waals surface area contributed by atoms with Gasteiger partial charge in [-0.15, -0.1) is 0 Å². The molecule has 0 saturated carbocycles. The monoisotopic (exact) mass is 315 g/mol. The summed E-state index contributed by atoms with van der Waals surface area (Å²) in [7, 11) is 0. The molecule has 1 heterocycles. The van der Waals surface area contributed by atoms with Gasteiger partial charge in [0, 0.05) is 19.5 Å². The van der Waals surface area contributed by atoms with Crippen LogP contribution in [-0.4, -0.2) is 36.5 Å². The number of piperidine rings is 1. The molecule has 5 nitrogen and oxygen atoms in total. The van der Waals surface area contributed by atoms with Crippen molar-refractivity contribution >= 4 is 11.6 Å². The van der Waals surface area contributed by atoms with E-state index in [0.29, 0.717) is 12.2 Å². The molecule has 1 unspecified atom stereocenters. The topological polar surface area (TPSA) is 65.4 Å². The highest BCUT2D eigenvalue weighted by molar-refractivity contribution is 5.94. The number of carbonyl (C=O) groups excluding carboxylic acids is 1. The highest BCUT2D eigenvalue weighted by atomic mass is 16.5. The van der Waals surface area contributed by atoms with Crippen LogP contribution < -0.4 is 10.1 Å². The average Bonchev–Trinajstić information content (AvgIpc) is 2.54. The lowest BCUT2D eigenvalue weighted by molar-refractivity contribution is -0.121. The second kappa shape index (κ2) is 8.54. The summed E-state index contributed by atoms with van der Waals surface area (Å²) in [6.07, 6.45) is 2.46. The maximum Gasteiger partial charge on any atom is 0.228 e. The number of nitriles is 1. The van der Waals surface area contributed by atoms with Crippen LogP contribution in [-0.2, 0) is 4.79 Å². The maximum atomic E-state index is 12.6. The first-order valence-electron chi connectivity index (χ1n) is 8.26. The summed E-state index contributed by atoms with van der Waals surface area (Å²) in [4.78, 5) is 14.8. The molecule has 5 heteroatoms. The third kappa shape index (κ3) is 5.26. The largest absolute Gasteiger partial charge is 0.489 e. The van der Waals surface area contributed by atoms with Crippen LogP contribution in [0.25, 0.3) is 0 Å². The van der Waals surface area contributed by atoms with Gasteiger partial charge in [0.2, 0.25) is 5.91 Å². The standard InChI is InChI=1S/C18H25N3O2/c1-14(2)23-17-9-4-3-8-16(17)20-18(22)15-7-5-11-21(13-15)12-6-10-19/h3-4,8-9,14-15H,5-7,11-13H2,1-2H3,(H,20,22). The Hall–Kier alpha value is -2.06. The first kappa shape index (κ1) is 17.3. The minimum atomic E-state index is -0.0328. The Bertz CT molecular complexity index is 566. The van der Waals surface area contributed by atoms with Crippen molar-refractivity contribution in [3.05, 3.63) is 24.3 Å². The van der Waals surface area contributed by atoms with Crippen LogP contribution in [0.3, 0.4) is 0 Å². The molecular formula is C18H25N3O2. The number of anilines is 1. The van der Waals surface area contributed by atoms with Crippen LogP contribution in [0.1, 0.15) is 33.1 Å². The highest BCUT2D eigenvalue weighted by Crippen LogP contribution is 2.26. The second-order valence-electron chi connectivity index (χ2n) is 6.20. The molecule has 0 bridgehead atoms. The first-order chi connectivity index (χ1) is 11.1. The van der Waals surface area contributed by atoms with Crippen molar-refractivity contribution < 1.29 is 9.53 Å². The van der Waals surface area contributed by atoms with Crippen LogP contribution in [0.15, 0.2) is 24.3 Å². The Morgan fingerprint density at radius 2 is 2.26 bits per heavy atom. The Kier molecular flexibility index (Phi) is 6.42. The molecule has 1 saturated heterocycles. The van der Waals surface area contributed by atoms with Gasteiger partial charge in [0.25, 0.3) is 0 Å². The fourth-order valence-electron chi connectivity index (χ4n) is 2.84. The van der Waals surface area contributed by atoms with Crippen molar-refractivity contribution in [1.82, 2.24) is 4.90 Å². The number of nitrogens with zero attached hydrogens (tertiary/aromatic N) is 2. The van der Waals surface area contributed by atoms with Crippen LogP contribution in [0.2, 0.25) is 0 Å². The van der Waals surface area contributed by atoms with Gasteiger partial charge in [-0.25, -0.2) is 0 Å². The normalized spacial score (nSPS) is 18.4. The van der Waals surface area contributed by atoms with Crippen molar-refractivity contribution in [1.29, 1.82) is 5.26 Å². The molecule has 1 aromatic rings. The molecule has 0 aliphatic carbocycles. The molecule has 23 heavy (non-hydrogen) atoms. The van der Waals surface area contributed by atoms with Gasteiger partial charge in [0.05, 0.1) is 23.8 Å². The predicted molar refractivity (Wildman–Crippen MR) is 90.2 cm³/mol. The minimum absolute atomic E-state index is 0.0328. The van der Waals surface area contributed by atoms with E-state index in [4.69, 9.17) is 10.00 Å². The van der Waals surface area contributed by atoms with Gasteiger partial charge < -0.3 is 15.0 Å². The molecule has 1 fully saturated rings. The number of benzene rings is 1. The Morgan fingerprint density at radius 3 is 3.00 bits per heavy atom. The average molecular weight is 315 g/mol. The molecule has 1 aliphatic heterocycles. The Labute approximate surface area is 138 Å². The number of amides is 1. The SMILES string of the molecule is CC(C)Oc1ccccc1NC(=O)C1CCCN(CCC#N)C1. The van der Waals surface area contributed by atoms with Gasteiger partial charge in [0.15, 0.2) is 0 Å². The number of carbonyl (C=O) groups is 1. The van der Waals surface area contributed by atoms with E-state index < -0.39 is 0 Å². The van der Waals surface area contributed by atoms with Crippen LogP contribution in [0.4, 0.5) is 5.69 Å². The lowest BCUT2D eigenvalue weighted by Crippen LogP contribution is -2.41. The van der Waals surface area contributed by atoms with Crippen molar-refractivity contribution in [3.8, 4) is 11.8 Å². The second-order valence-corrected chi connectivity index (χ2v) is 6.20. The van der Waals surface area contributed by atoms with Crippen LogP contribution >= 0.6 is 0 Å². The fourth-order valence-corrected chi connectivity index (χ4v) is 2.84. The van der Waals surface area contributed by atoms with Gasteiger partial charge >= 0.3 is 0 Å². The predicted octanol–water partition coefficient (Wildman–Crippen LogP) is 3.04. The van der Waals surface area contributed by atoms with E-state index in [0.717, 1.165) is 38.2 Å². The van der Waals surface area contributed by atoms with Gasteiger partial charge in [-0.05, 0) is 45.4 Å². The van der Waals surface area contributed by atoms with E-state index in [-0.39, 0.29) is 17.9 Å². The summed E-state index contributed by atoms with van der Waals surface area (Å²) in [6.45, 7) is 6.37. The van der Waals surface area contributed by atoms with Crippen LogP contribution in [0.5, 0.6) is 5.75 Å². The number of hydrogen-bond acceptors (Lipinski definition) is 4. The Morgan fingerprint density at radius 1 is 1.48 bits per heavy atom. The fraction of sp³-hybridized carbons (Fsp3) is 0.556. The third-order valence-electron chi connectivity index (χ3n) is 3.92. The molecule has 124 valence electrons. The molecule has 1 N–H and O–H groups in total. The van der Waals surface area contributed by atoms with E-state index in [2.05, 4.69) is 16.3 Å². The summed E-state index contributed by atoms with van der Waals surface area (Å²) >= 11 is 0. The summed E-state index contributed by atoms with van der Waals surface area (Å²) < 4.78 is 5.75. The van der Waals surface area contributed by atoms with Crippen molar-refractivity contribution in [2.45, 2.75) is 39.2 Å². The summed E-state index contributed by atoms with van der Waals surface area (Å²) in [5.74, 6) is 0.703. The van der Waals surface area contributed by atoms with E-state index in [1.54, 1.807) is 0 Å². The van der Waals surface area contributed by atoms with Gasteiger partial charge in [-0.1, -0.05) is 12.1 Å². The van der Waals surface area contributed by atoms with E-state index in [9.17, 15) is 4.79 Å².